The van der Waals surface area contributed by atoms with Crippen LogP contribution >= 0.6 is 0 Å². The molecule has 4 nitrogen and oxygen atoms in total. The van der Waals surface area contributed by atoms with Crippen molar-refractivity contribution < 1.29 is 9.53 Å². The normalized spacial score (nSPS) is 21.5. The zero-order valence-electron chi connectivity index (χ0n) is 12.1. The predicted octanol–water partition coefficient (Wildman–Crippen LogP) is 3.37. The van der Waals surface area contributed by atoms with Gasteiger partial charge in [0, 0.05) is 5.69 Å². The summed E-state index contributed by atoms with van der Waals surface area (Å²) >= 11 is 0. The number of nitrogens with one attached hydrogen (secondary N) is 1. The van der Waals surface area contributed by atoms with Crippen molar-refractivity contribution in [3.8, 4) is 0 Å². The van der Waals surface area contributed by atoms with E-state index < -0.39 is 5.72 Å². The van der Waals surface area contributed by atoms with E-state index in [9.17, 15) is 4.79 Å². The molecule has 1 heterocycles. The topological polar surface area (TPSA) is 41.6 Å². The minimum absolute atomic E-state index is 0.0989. The van der Waals surface area contributed by atoms with E-state index in [4.69, 9.17) is 4.74 Å². The molecule has 2 rings (SSSR count). The maximum Gasteiger partial charge on any atom is 0.324 e. The maximum absolute atomic E-state index is 12.4. The molecule has 19 heavy (non-hydrogen) atoms. The van der Waals surface area contributed by atoms with E-state index in [1.807, 2.05) is 45.0 Å². The first-order valence-corrected chi connectivity index (χ1v) is 6.75. The van der Waals surface area contributed by atoms with Crippen LogP contribution in [0.5, 0.6) is 0 Å². The van der Waals surface area contributed by atoms with Gasteiger partial charge in [0.2, 0.25) is 0 Å². The van der Waals surface area contributed by atoms with Crippen molar-refractivity contribution in [3.63, 3.8) is 0 Å². The van der Waals surface area contributed by atoms with Gasteiger partial charge in [0.15, 0.2) is 0 Å². The molecule has 1 N–H and O–H groups in total. The maximum atomic E-state index is 12.4. The quantitative estimate of drug-likeness (QED) is 0.887. The third-order valence-electron chi connectivity index (χ3n) is 3.57. The first kappa shape index (κ1) is 13.9. The van der Waals surface area contributed by atoms with Crippen LogP contribution in [0.2, 0.25) is 0 Å². The van der Waals surface area contributed by atoms with E-state index in [2.05, 4.69) is 12.2 Å². The molecule has 1 saturated heterocycles. The van der Waals surface area contributed by atoms with Crippen LogP contribution in [0.1, 0.15) is 32.8 Å². The van der Waals surface area contributed by atoms with Gasteiger partial charge >= 0.3 is 6.03 Å². The lowest BCUT2D eigenvalue weighted by Gasteiger charge is -2.33. The third kappa shape index (κ3) is 2.89. The zero-order chi connectivity index (χ0) is 14.0. The average Bonchev–Trinajstić information content (AvgIpc) is 2.67. The number of benzene rings is 1. The molecule has 1 aliphatic heterocycles. The summed E-state index contributed by atoms with van der Waals surface area (Å²) in [5.41, 5.74) is 1.44. The van der Waals surface area contributed by atoms with Crippen LogP contribution in [0.25, 0.3) is 0 Å². The van der Waals surface area contributed by atoms with Crippen molar-refractivity contribution in [2.75, 3.05) is 11.9 Å². The van der Waals surface area contributed by atoms with Gasteiger partial charge in [0.25, 0.3) is 0 Å². The summed E-state index contributed by atoms with van der Waals surface area (Å²) in [7, 11) is 0. The molecule has 2 amide bonds. The van der Waals surface area contributed by atoms with Crippen LogP contribution in [0.3, 0.4) is 0 Å². The van der Waals surface area contributed by atoms with Gasteiger partial charge in [0.1, 0.15) is 5.72 Å². The Labute approximate surface area is 114 Å². The van der Waals surface area contributed by atoms with Gasteiger partial charge < -0.3 is 10.1 Å². The lowest BCUT2D eigenvalue weighted by atomic mass is 10.2. The number of aryl methyl sites for hydroxylation is 1. The number of hydrogen-bond acceptors (Lipinski definition) is 2. The summed E-state index contributed by atoms with van der Waals surface area (Å²) in [5.74, 6) is 0. The van der Waals surface area contributed by atoms with E-state index in [1.54, 1.807) is 4.90 Å². The van der Waals surface area contributed by atoms with Crippen molar-refractivity contribution in [2.45, 2.75) is 45.9 Å². The third-order valence-corrected chi connectivity index (χ3v) is 3.57. The number of carbonyl (C=O) groups excluding carboxylic acids is 1. The fraction of sp³-hybridized carbons (Fsp3) is 0.533. The highest BCUT2D eigenvalue weighted by atomic mass is 16.5. The van der Waals surface area contributed by atoms with E-state index >= 15 is 0 Å². The summed E-state index contributed by atoms with van der Waals surface area (Å²) in [6, 6.07) is 7.84. The summed E-state index contributed by atoms with van der Waals surface area (Å²) in [4.78, 5) is 14.2. The Balaban J connectivity index is 2.12. The predicted molar refractivity (Wildman–Crippen MR) is 76.1 cm³/mol. The Morgan fingerprint density at radius 2 is 2.05 bits per heavy atom. The number of rotatable bonds is 2. The first-order valence-electron chi connectivity index (χ1n) is 6.75. The Morgan fingerprint density at radius 3 is 2.63 bits per heavy atom. The highest BCUT2D eigenvalue weighted by Gasteiger charge is 2.42. The summed E-state index contributed by atoms with van der Waals surface area (Å²) in [5, 5.41) is 2.94. The molecule has 0 saturated carbocycles. The number of hydrogen-bond donors (Lipinski definition) is 1. The van der Waals surface area contributed by atoms with Crippen LogP contribution in [-0.2, 0) is 4.74 Å². The largest absolute Gasteiger partial charge is 0.354 e. The molecule has 0 bridgehead atoms. The number of ether oxygens (including phenoxy) is 1. The molecule has 1 aromatic carbocycles. The Morgan fingerprint density at radius 1 is 1.42 bits per heavy atom. The Bertz CT molecular complexity index is 454. The highest BCUT2D eigenvalue weighted by Crippen LogP contribution is 2.29. The molecule has 0 aromatic heterocycles. The van der Waals surface area contributed by atoms with Gasteiger partial charge in [-0.3, -0.25) is 4.90 Å². The van der Waals surface area contributed by atoms with Crippen molar-refractivity contribution in [1.82, 2.24) is 4.90 Å². The Hall–Kier alpha value is -1.55. The van der Waals surface area contributed by atoms with Gasteiger partial charge in [-0.25, -0.2) is 4.79 Å². The van der Waals surface area contributed by atoms with Crippen molar-refractivity contribution in [1.29, 1.82) is 0 Å². The van der Waals surface area contributed by atoms with Crippen LogP contribution in [-0.4, -0.2) is 29.3 Å². The molecular weight excluding hydrogens is 240 g/mol. The standard InChI is InChI=1S/C15H22N2O2/c1-5-13-10-19-15(3,4)17(13)14(18)16-12-8-6-11(2)7-9-12/h6-9,13H,5,10H2,1-4H3,(H,16,18). The van der Waals surface area contributed by atoms with Gasteiger partial charge in [-0.1, -0.05) is 24.6 Å². The van der Waals surface area contributed by atoms with Gasteiger partial charge in [-0.15, -0.1) is 0 Å². The molecule has 0 radical (unpaired) electrons. The van der Waals surface area contributed by atoms with Crippen molar-refractivity contribution in [3.05, 3.63) is 29.8 Å². The first-order chi connectivity index (χ1) is 8.94. The molecular formula is C15H22N2O2. The minimum atomic E-state index is -0.546. The number of urea groups is 1. The fourth-order valence-corrected chi connectivity index (χ4v) is 2.42. The SMILES string of the molecule is CCC1COC(C)(C)N1C(=O)Nc1ccc(C)cc1. The molecule has 1 unspecified atom stereocenters. The molecule has 1 aliphatic rings. The summed E-state index contributed by atoms with van der Waals surface area (Å²) in [6.45, 7) is 8.55. The number of anilines is 1. The number of carbonyl (C=O) groups is 1. The van der Waals surface area contributed by atoms with E-state index in [1.165, 1.54) is 5.56 Å². The minimum Gasteiger partial charge on any atom is -0.354 e. The second kappa shape index (κ2) is 5.21. The molecule has 1 aromatic rings. The number of nitrogens with zero attached hydrogens (tertiary/aromatic N) is 1. The lowest BCUT2D eigenvalue weighted by molar-refractivity contribution is -0.0301. The van der Waals surface area contributed by atoms with E-state index in [0.29, 0.717) is 6.61 Å². The molecule has 1 atom stereocenters. The molecule has 1 fully saturated rings. The van der Waals surface area contributed by atoms with Crippen LogP contribution in [0.4, 0.5) is 10.5 Å². The van der Waals surface area contributed by atoms with E-state index in [0.717, 1.165) is 12.1 Å². The molecule has 0 aliphatic carbocycles. The van der Waals surface area contributed by atoms with Gasteiger partial charge in [0.05, 0.1) is 12.6 Å². The Kier molecular flexibility index (Phi) is 3.80. The van der Waals surface area contributed by atoms with Crippen LogP contribution in [0, 0.1) is 6.92 Å². The second-order valence-corrected chi connectivity index (χ2v) is 5.49. The van der Waals surface area contributed by atoms with Gasteiger partial charge in [-0.2, -0.15) is 0 Å². The molecule has 104 valence electrons. The van der Waals surface area contributed by atoms with E-state index in [-0.39, 0.29) is 12.1 Å². The summed E-state index contributed by atoms with van der Waals surface area (Å²) in [6.07, 6.45) is 0.894. The highest BCUT2D eigenvalue weighted by molar-refractivity contribution is 5.90. The van der Waals surface area contributed by atoms with Crippen molar-refractivity contribution >= 4 is 11.7 Å². The smallest absolute Gasteiger partial charge is 0.324 e. The lowest BCUT2D eigenvalue weighted by Crippen LogP contribution is -2.49. The second-order valence-electron chi connectivity index (χ2n) is 5.49. The number of amides is 2. The van der Waals surface area contributed by atoms with Crippen LogP contribution < -0.4 is 5.32 Å². The molecule has 4 heteroatoms. The zero-order valence-corrected chi connectivity index (χ0v) is 12.1. The molecule has 0 spiro atoms. The van der Waals surface area contributed by atoms with Crippen molar-refractivity contribution in [2.24, 2.45) is 0 Å². The fourth-order valence-electron chi connectivity index (χ4n) is 2.42. The summed E-state index contributed by atoms with van der Waals surface area (Å²) < 4.78 is 5.70. The van der Waals surface area contributed by atoms with Gasteiger partial charge in [-0.05, 0) is 39.3 Å². The average molecular weight is 262 g/mol. The van der Waals surface area contributed by atoms with Crippen LogP contribution in [0.15, 0.2) is 24.3 Å². The monoisotopic (exact) mass is 262 g/mol.